The number of hydrogen-bond donors (Lipinski definition) is 1. The van der Waals surface area contributed by atoms with Gasteiger partial charge < -0.3 is 15.2 Å². The fourth-order valence-electron chi connectivity index (χ4n) is 1.60. The topological polar surface area (TPSA) is 44.5 Å². The first-order chi connectivity index (χ1) is 7.24. The maximum atomic E-state index is 12.9. The Hall–Kier alpha value is -1.29. The van der Waals surface area contributed by atoms with Crippen molar-refractivity contribution in [3.05, 3.63) is 24.0 Å². The van der Waals surface area contributed by atoms with Gasteiger partial charge in [0.25, 0.3) is 0 Å². The largest absolute Gasteiger partial charge is 0.493 e. The minimum atomic E-state index is -0.368. The van der Waals surface area contributed by atoms with Crippen molar-refractivity contribution < 1.29 is 13.9 Å². The van der Waals surface area contributed by atoms with Crippen LogP contribution in [-0.4, -0.2) is 19.8 Å². The third-order valence-corrected chi connectivity index (χ3v) is 2.40. The second kappa shape index (κ2) is 4.49. The van der Waals surface area contributed by atoms with Crippen LogP contribution in [0.1, 0.15) is 6.42 Å². The van der Waals surface area contributed by atoms with Crippen LogP contribution >= 0.6 is 0 Å². The van der Waals surface area contributed by atoms with Crippen molar-refractivity contribution in [1.29, 1.82) is 0 Å². The number of anilines is 1. The number of hydrogen-bond acceptors (Lipinski definition) is 3. The summed E-state index contributed by atoms with van der Waals surface area (Å²) in [5.41, 5.74) is 5.88. The summed E-state index contributed by atoms with van der Waals surface area (Å²) in [7, 11) is 0. The molecule has 0 amide bonds. The highest BCUT2D eigenvalue weighted by Gasteiger charge is 2.16. The van der Waals surface area contributed by atoms with Crippen molar-refractivity contribution in [1.82, 2.24) is 0 Å². The molecule has 1 aliphatic rings. The molecule has 2 rings (SSSR count). The molecule has 3 nitrogen and oxygen atoms in total. The van der Waals surface area contributed by atoms with Crippen LogP contribution < -0.4 is 10.5 Å². The molecule has 1 saturated heterocycles. The SMILES string of the molecule is Nc1cc(F)cc(OCC2CCOC2)c1. The molecule has 1 aromatic carbocycles. The van der Waals surface area contributed by atoms with E-state index in [0.717, 1.165) is 19.6 Å². The van der Waals surface area contributed by atoms with Crippen LogP contribution in [0.3, 0.4) is 0 Å². The number of nitrogens with two attached hydrogens (primary N) is 1. The van der Waals surface area contributed by atoms with Gasteiger partial charge in [0.15, 0.2) is 0 Å². The van der Waals surface area contributed by atoms with Gasteiger partial charge in [0, 0.05) is 30.3 Å². The van der Waals surface area contributed by atoms with Crippen LogP contribution in [0, 0.1) is 11.7 Å². The first-order valence-electron chi connectivity index (χ1n) is 5.00. The molecule has 1 fully saturated rings. The summed E-state index contributed by atoms with van der Waals surface area (Å²) in [6.45, 7) is 2.08. The van der Waals surface area contributed by atoms with E-state index in [2.05, 4.69) is 0 Å². The normalized spacial score (nSPS) is 20.5. The van der Waals surface area contributed by atoms with Gasteiger partial charge in [-0.1, -0.05) is 0 Å². The van der Waals surface area contributed by atoms with Crippen LogP contribution in [0.15, 0.2) is 18.2 Å². The quantitative estimate of drug-likeness (QED) is 0.776. The number of benzene rings is 1. The molecule has 0 spiro atoms. The van der Waals surface area contributed by atoms with E-state index >= 15 is 0 Å². The predicted molar refractivity (Wildman–Crippen MR) is 55.2 cm³/mol. The van der Waals surface area contributed by atoms with Crippen LogP contribution in [0.2, 0.25) is 0 Å². The third-order valence-electron chi connectivity index (χ3n) is 2.40. The molecule has 1 aromatic rings. The predicted octanol–water partition coefficient (Wildman–Crippen LogP) is 1.82. The van der Waals surface area contributed by atoms with Gasteiger partial charge in [-0.25, -0.2) is 4.39 Å². The molecule has 4 heteroatoms. The van der Waals surface area contributed by atoms with E-state index in [0.29, 0.717) is 24.0 Å². The maximum absolute atomic E-state index is 12.9. The standard InChI is InChI=1S/C11H14FNO2/c12-9-3-10(13)5-11(4-9)15-7-8-1-2-14-6-8/h3-5,8H,1-2,6-7,13H2. The zero-order chi connectivity index (χ0) is 10.7. The first kappa shape index (κ1) is 10.2. The van der Waals surface area contributed by atoms with Gasteiger partial charge in [-0.2, -0.15) is 0 Å². The van der Waals surface area contributed by atoms with E-state index in [1.54, 1.807) is 6.07 Å². The summed E-state index contributed by atoms with van der Waals surface area (Å²) in [6.07, 6.45) is 1.00. The minimum Gasteiger partial charge on any atom is -0.493 e. The second-order valence-electron chi connectivity index (χ2n) is 3.76. The summed E-state index contributed by atoms with van der Waals surface area (Å²) in [6, 6.07) is 4.23. The monoisotopic (exact) mass is 211 g/mol. The maximum Gasteiger partial charge on any atom is 0.128 e. The molecule has 1 heterocycles. The van der Waals surface area contributed by atoms with Crippen molar-refractivity contribution in [3.8, 4) is 5.75 Å². The number of nitrogen functional groups attached to an aromatic ring is 1. The number of ether oxygens (including phenoxy) is 2. The summed E-state index contributed by atoms with van der Waals surface area (Å²) in [5, 5.41) is 0. The van der Waals surface area contributed by atoms with E-state index in [9.17, 15) is 4.39 Å². The molecule has 15 heavy (non-hydrogen) atoms. The van der Waals surface area contributed by atoms with Crippen molar-refractivity contribution in [3.63, 3.8) is 0 Å². The zero-order valence-corrected chi connectivity index (χ0v) is 8.41. The molecule has 1 aliphatic heterocycles. The van der Waals surface area contributed by atoms with E-state index in [1.165, 1.54) is 12.1 Å². The van der Waals surface area contributed by atoms with Crippen molar-refractivity contribution in [2.75, 3.05) is 25.6 Å². The molecule has 82 valence electrons. The van der Waals surface area contributed by atoms with E-state index in [1.807, 2.05) is 0 Å². The van der Waals surface area contributed by atoms with Gasteiger partial charge in [-0.3, -0.25) is 0 Å². The fraction of sp³-hybridized carbons (Fsp3) is 0.455. The van der Waals surface area contributed by atoms with Gasteiger partial charge in [0.1, 0.15) is 11.6 Å². The minimum absolute atomic E-state index is 0.368. The molecule has 0 saturated carbocycles. The Kier molecular flexibility index (Phi) is 3.06. The fourth-order valence-corrected chi connectivity index (χ4v) is 1.60. The van der Waals surface area contributed by atoms with Gasteiger partial charge in [-0.15, -0.1) is 0 Å². The first-order valence-corrected chi connectivity index (χ1v) is 5.00. The lowest BCUT2D eigenvalue weighted by molar-refractivity contribution is 0.167. The molecule has 0 bridgehead atoms. The average Bonchev–Trinajstić information content (AvgIpc) is 2.65. The average molecular weight is 211 g/mol. The lowest BCUT2D eigenvalue weighted by atomic mass is 10.1. The lowest BCUT2D eigenvalue weighted by Crippen LogP contribution is -2.11. The second-order valence-corrected chi connectivity index (χ2v) is 3.76. The van der Waals surface area contributed by atoms with E-state index in [4.69, 9.17) is 15.2 Å². The van der Waals surface area contributed by atoms with Crippen molar-refractivity contribution in [2.45, 2.75) is 6.42 Å². The number of halogens is 1. The number of rotatable bonds is 3. The third kappa shape index (κ3) is 2.83. The smallest absolute Gasteiger partial charge is 0.128 e. The molecule has 2 N–H and O–H groups in total. The Morgan fingerprint density at radius 1 is 1.47 bits per heavy atom. The van der Waals surface area contributed by atoms with Crippen LogP contribution in [0.5, 0.6) is 5.75 Å². The van der Waals surface area contributed by atoms with Crippen molar-refractivity contribution >= 4 is 5.69 Å². The molecule has 1 unspecified atom stereocenters. The highest BCUT2D eigenvalue weighted by molar-refractivity contribution is 5.44. The van der Waals surface area contributed by atoms with Gasteiger partial charge in [-0.05, 0) is 12.5 Å². The molecule has 0 aromatic heterocycles. The molecule has 1 atom stereocenters. The molecular formula is C11H14FNO2. The highest BCUT2D eigenvalue weighted by atomic mass is 19.1. The Bertz CT molecular complexity index is 317. The van der Waals surface area contributed by atoms with E-state index < -0.39 is 0 Å². The van der Waals surface area contributed by atoms with Crippen molar-refractivity contribution in [2.24, 2.45) is 5.92 Å². The van der Waals surface area contributed by atoms with Crippen LogP contribution in [-0.2, 0) is 4.74 Å². The van der Waals surface area contributed by atoms with E-state index in [-0.39, 0.29) is 5.82 Å². The van der Waals surface area contributed by atoms with Crippen LogP contribution in [0.25, 0.3) is 0 Å². The summed E-state index contributed by atoms with van der Waals surface area (Å²) in [4.78, 5) is 0. The Balaban J connectivity index is 1.92. The Morgan fingerprint density at radius 3 is 3.00 bits per heavy atom. The summed E-state index contributed by atoms with van der Waals surface area (Å²) in [5.74, 6) is 0.529. The van der Waals surface area contributed by atoms with Gasteiger partial charge in [0.2, 0.25) is 0 Å². The van der Waals surface area contributed by atoms with Gasteiger partial charge in [0.05, 0.1) is 13.2 Å². The van der Waals surface area contributed by atoms with Gasteiger partial charge >= 0.3 is 0 Å². The molecular weight excluding hydrogens is 197 g/mol. The zero-order valence-electron chi connectivity index (χ0n) is 8.41. The van der Waals surface area contributed by atoms with Crippen LogP contribution in [0.4, 0.5) is 10.1 Å². The Labute approximate surface area is 88.0 Å². The molecule has 0 aliphatic carbocycles. The molecule has 0 radical (unpaired) electrons. The summed E-state index contributed by atoms with van der Waals surface area (Å²) >= 11 is 0. The lowest BCUT2D eigenvalue weighted by Gasteiger charge is -2.10. The highest BCUT2D eigenvalue weighted by Crippen LogP contribution is 2.20. The Morgan fingerprint density at radius 2 is 2.33 bits per heavy atom. The summed E-state index contributed by atoms with van der Waals surface area (Å²) < 4.78 is 23.6.